The number of aryl methyl sites for hydroxylation is 2. The lowest BCUT2D eigenvalue weighted by molar-refractivity contribution is 0.990. The lowest BCUT2D eigenvalue weighted by atomic mass is 9.89. The van der Waals surface area contributed by atoms with Crippen molar-refractivity contribution in [2.75, 3.05) is 0 Å². The number of allylic oxidation sites excluding steroid dienone is 1. The van der Waals surface area contributed by atoms with Crippen molar-refractivity contribution in [1.82, 2.24) is 0 Å². The second kappa shape index (κ2) is 4.70. The molecule has 0 amide bonds. The van der Waals surface area contributed by atoms with Gasteiger partial charge in [0.15, 0.2) is 0 Å². The lowest BCUT2D eigenvalue weighted by Crippen LogP contribution is -1.95. The van der Waals surface area contributed by atoms with Crippen LogP contribution >= 0.6 is 0 Å². The van der Waals surface area contributed by atoms with Crippen molar-refractivity contribution in [2.45, 2.75) is 19.8 Å². The second-order valence-electron chi connectivity index (χ2n) is 6.66. The molecule has 0 aromatic heterocycles. The predicted octanol–water partition coefficient (Wildman–Crippen LogP) is 6.41. The SMILES string of the molecule is Cc1ccc2cc3ccc4c5c(ccc4c3cc2c1)CCC=C5. The molecule has 1 aliphatic carbocycles. The van der Waals surface area contributed by atoms with E-state index < -0.39 is 0 Å². The molecule has 0 fully saturated rings. The fraction of sp³-hybridized carbons (Fsp3) is 0.130. The largest absolute Gasteiger partial charge is 0.0836 e. The van der Waals surface area contributed by atoms with Crippen LogP contribution in [-0.2, 0) is 6.42 Å². The molecule has 0 bridgehead atoms. The maximum atomic E-state index is 2.36. The summed E-state index contributed by atoms with van der Waals surface area (Å²) in [7, 11) is 0. The van der Waals surface area contributed by atoms with Crippen LogP contribution in [0.25, 0.3) is 38.4 Å². The van der Waals surface area contributed by atoms with Gasteiger partial charge in [0, 0.05) is 0 Å². The molecule has 0 radical (unpaired) electrons. The van der Waals surface area contributed by atoms with E-state index >= 15 is 0 Å². The van der Waals surface area contributed by atoms with E-state index in [-0.39, 0.29) is 0 Å². The first-order valence-electron chi connectivity index (χ1n) is 8.35. The standard InChI is InChI=1S/C23H18/c1-15-6-7-17-13-18-9-11-21-20-5-3-2-4-16(20)8-10-22(21)23(18)14-19(17)12-15/h3,5-14H,2,4H2,1H3. The van der Waals surface area contributed by atoms with Crippen LogP contribution in [0, 0.1) is 6.92 Å². The molecular formula is C23H18. The molecule has 4 aromatic carbocycles. The van der Waals surface area contributed by atoms with Gasteiger partial charge in [0.25, 0.3) is 0 Å². The Labute approximate surface area is 136 Å². The Morgan fingerprint density at radius 2 is 1.57 bits per heavy atom. The van der Waals surface area contributed by atoms with Crippen molar-refractivity contribution >= 4 is 38.4 Å². The molecule has 0 saturated carbocycles. The Hall–Kier alpha value is -2.60. The van der Waals surface area contributed by atoms with Gasteiger partial charge in [-0.15, -0.1) is 0 Å². The maximum Gasteiger partial charge on any atom is -0.00988 e. The molecule has 0 aliphatic heterocycles. The Kier molecular flexibility index (Phi) is 2.63. The smallest absolute Gasteiger partial charge is 0.00988 e. The van der Waals surface area contributed by atoms with Gasteiger partial charge in [0.05, 0.1) is 0 Å². The fourth-order valence-electron chi connectivity index (χ4n) is 3.93. The van der Waals surface area contributed by atoms with Gasteiger partial charge in [-0.3, -0.25) is 0 Å². The zero-order valence-electron chi connectivity index (χ0n) is 13.3. The Bertz CT molecular complexity index is 1110. The average molecular weight is 294 g/mol. The minimum absolute atomic E-state index is 1.16. The van der Waals surface area contributed by atoms with Gasteiger partial charge in [0.1, 0.15) is 0 Å². The highest BCUT2D eigenvalue weighted by atomic mass is 14.1. The highest BCUT2D eigenvalue weighted by Crippen LogP contribution is 2.34. The van der Waals surface area contributed by atoms with Crippen LogP contribution in [0.1, 0.15) is 23.1 Å². The summed E-state index contributed by atoms with van der Waals surface area (Å²) in [5.41, 5.74) is 4.22. The summed E-state index contributed by atoms with van der Waals surface area (Å²) in [6.45, 7) is 2.16. The van der Waals surface area contributed by atoms with Gasteiger partial charge >= 0.3 is 0 Å². The normalized spacial score (nSPS) is 13.8. The molecule has 0 heterocycles. The van der Waals surface area contributed by atoms with Crippen LogP contribution in [0.4, 0.5) is 0 Å². The minimum Gasteiger partial charge on any atom is -0.0836 e. The van der Waals surface area contributed by atoms with Crippen LogP contribution in [0.15, 0.2) is 60.7 Å². The Morgan fingerprint density at radius 1 is 0.696 bits per heavy atom. The van der Waals surface area contributed by atoms with E-state index in [1.807, 2.05) is 0 Å². The van der Waals surface area contributed by atoms with Crippen molar-refractivity contribution in [3.05, 3.63) is 77.4 Å². The van der Waals surface area contributed by atoms with E-state index in [1.165, 1.54) is 49.0 Å². The topological polar surface area (TPSA) is 0 Å². The number of benzene rings is 4. The van der Waals surface area contributed by atoms with Crippen LogP contribution in [0.3, 0.4) is 0 Å². The average Bonchev–Trinajstić information content (AvgIpc) is 2.59. The van der Waals surface area contributed by atoms with Gasteiger partial charge < -0.3 is 0 Å². The van der Waals surface area contributed by atoms with Gasteiger partial charge in [-0.2, -0.15) is 0 Å². The molecule has 0 spiro atoms. The summed E-state index contributed by atoms with van der Waals surface area (Å²) in [5, 5.41) is 8.10. The van der Waals surface area contributed by atoms with Crippen LogP contribution in [-0.4, -0.2) is 0 Å². The summed E-state index contributed by atoms with van der Waals surface area (Å²) in [4.78, 5) is 0. The third kappa shape index (κ3) is 1.91. The molecule has 1 aliphatic rings. The molecule has 0 N–H and O–H groups in total. The third-order valence-corrected chi connectivity index (χ3v) is 5.13. The van der Waals surface area contributed by atoms with E-state index in [4.69, 9.17) is 0 Å². The molecule has 0 atom stereocenters. The first-order valence-corrected chi connectivity index (χ1v) is 8.35. The number of rotatable bonds is 0. The molecule has 0 heteroatoms. The van der Waals surface area contributed by atoms with Gasteiger partial charge in [-0.05, 0) is 75.3 Å². The molecular weight excluding hydrogens is 276 g/mol. The molecule has 0 nitrogen and oxygen atoms in total. The quantitative estimate of drug-likeness (QED) is 0.259. The molecule has 110 valence electrons. The van der Waals surface area contributed by atoms with Gasteiger partial charge in [-0.1, -0.05) is 60.2 Å². The number of fused-ring (bicyclic) bond motifs is 6. The second-order valence-corrected chi connectivity index (χ2v) is 6.66. The highest BCUT2D eigenvalue weighted by Gasteiger charge is 2.10. The third-order valence-electron chi connectivity index (χ3n) is 5.13. The zero-order valence-corrected chi connectivity index (χ0v) is 13.3. The molecule has 23 heavy (non-hydrogen) atoms. The molecule has 5 rings (SSSR count). The summed E-state index contributed by atoms with van der Waals surface area (Å²) in [6, 6.07) is 20.6. The van der Waals surface area contributed by atoms with E-state index in [2.05, 4.69) is 73.7 Å². The Morgan fingerprint density at radius 3 is 2.52 bits per heavy atom. The first kappa shape index (κ1) is 12.9. The summed E-state index contributed by atoms with van der Waals surface area (Å²) >= 11 is 0. The number of hydrogen-bond acceptors (Lipinski definition) is 0. The van der Waals surface area contributed by atoms with Gasteiger partial charge in [0.2, 0.25) is 0 Å². The zero-order chi connectivity index (χ0) is 15.4. The monoisotopic (exact) mass is 294 g/mol. The predicted molar refractivity (Wildman–Crippen MR) is 101 cm³/mol. The lowest BCUT2D eigenvalue weighted by Gasteiger charge is -2.15. The van der Waals surface area contributed by atoms with E-state index in [0.29, 0.717) is 0 Å². The van der Waals surface area contributed by atoms with Crippen LogP contribution in [0.5, 0.6) is 0 Å². The first-order chi connectivity index (χ1) is 11.3. The highest BCUT2D eigenvalue weighted by molar-refractivity contribution is 6.14. The number of hydrogen-bond donors (Lipinski definition) is 0. The molecule has 0 saturated heterocycles. The van der Waals surface area contributed by atoms with Crippen LogP contribution in [0.2, 0.25) is 0 Å². The van der Waals surface area contributed by atoms with E-state index in [0.717, 1.165) is 12.8 Å². The van der Waals surface area contributed by atoms with Crippen molar-refractivity contribution in [3.63, 3.8) is 0 Å². The van der Waals surface area contributed by atoms with Crippen LogP contribution < -0.4 is 0 Å². The summed E-state index contributed by atoms with van der Waals surface area (Å²) in [6.07, 6.45) is 6.93. The van der Waals surface area contributed by atoms with Crippen molar-refractivity contribution in [1.29, 1.82) is 0 Å². The van der Waals surface area contributed by atoms with E-state index in [1.54, 1.807) is 0 Å². The van der Waals surface area contributed by atoms with Crippen molar-refractivity contribution < 1.29 is 0 Å². The molecule has 4 aromatic rings. The summed E-state index contributed by atoms with van der Waals surface area (Å²) < 4.78 is 0. The Balaban J connectivity index is 1.93. The van der Waals surface area contributed by atoms with Crippen molar-refractivity contribution in [2.24, 2.45) is 0 Å². The molecule has 0 unspecified atom stereocenters. The minimum atomic E-state index is 1.16. The van der Waals surface area contributed by atoms with Gasteiger partial charge in [-0.25, -0.2) is 0 Å². The summed E-state index contributed by atoms with van der Waals surface area (Å²) in [5.74, 6) is 0. The van der Waals surface area contributed by atoms with Crippen molar-refractivity contribution in [3.8, 4) is 0 Å². The fourth-order valence-corrected chi connectivity index (χ4v) is 3.93. The van der Waals surface area contributed by atoms with E-state index in [9.17, 15) is 0 Å². The maximum absolute atomic E-state index is 2.36.